The molecule has 2 rings (SSSR count). The Morgan fingerprint density at radius 2 is 1.93 bits per heavy atom. The molecule has 0 bridgehead atoms. The van der Waals surface area contributed by atoms with Gasteiger partial charge in [0.25, 0.3) is 0 Å². The molecular weight excluding hydrogens is 343 g/mol. The lowest BCUT2D eigenvalue weighted by molar-refractivity contribution is 0.281. The van der Waals surface area contributed by atoms with E-state index in [1.54, 1.807) is 22.7 Å². The molecule has 82 valence electrons. The van der Waals surface area contributed by atoms with Gasteiger partial charge in [-0.3, -0.25) is 0 Å². The number of hydrogen-bond donors (Lipinski definition) is 2. The van der Waals surface area contributed by atoms with E-state index in [-0.39, 0.29) is 13.2 Å². The zero-order chi connectivity index (χ0) is 11.1. The first-order chi connectivity index (χ1) is 7.27. The summed E-state index contributed by atoms with van der Waals surface area (Å²) >= 11 is 5.47. The highest BCUT2D eigenvalue weighted by atomic mass is 127. The van der Waals surface area contributed by atoms with Crippen molar-refractivity contribution in [1.82, 2.24) is 0 Å². The third-order valence-electron chi connectivity index (χ3n) is 1.63. The number of rotatable bonds is 2. The van der Waals surface area contributed by atoms with Crippen LogP contribution < -0.4 is 0 Å². The van der Waals surface area contributed by atoms with E-state index in [1.165, 1.54) is 2.88 Å². The predicted molar refractivity (Wildman–Crippen MR) is 73.2 cm³/mol. The molecule has 0 amide bonds. The summed E-state index contributed by atoms with van der Waals surface area (Å²) < 4.78 is 1.19. The number of thiophene rings is 2. The molecule has 0 aromatic carbocycles. The van der Waals surface area contributed by atoms with E-state index in [9.17, 15) is 0 Å². The highest BCUT2D eigenvalue weighted by Gasteiger charge is 1.95. The molecule has 2 nitrogen and oxygen atoms in total. The smallest absolute Gasteiger partial charge is 0.0708 e. The minimum absolute atomic E-state index is 0.168. The Labute approximate surface area is 110 Å². The molecular formula is C10H11IO2S2. The maximum atomic E-state index is 8.61. The van der Waals surface area contributed by atoms with Crippen LogP contribution in [0.5, 0.6) is 0 Å². The molecule has 5 heteroatoms. The van der Waals surface area contributed by atoms with Gasteiger partial charge in [-0.25, -0.2) is 0 Å². The summed E-state index contributed by atoms with van der Waals surface area (Å²) in [4.78, 5) is 0. The normalized spacial score (nSPS) is 9.53. The first kappa shape index (κ1) is 13.1. The summed E-state index contributed by atoms with van der Waals surface area (Å²) in [5.74, 6) is 0. The van der Waals surface area contributed by atoms with Gasteiger partial charge in [0.1, 0.15) is 0 Å². The van der Waals surface area contributed by atoms with E-state index in [1.807, 2.05) is 28.3 Å². The number of aliphatic hydroxyl groups is 2. The molecule has 0 fully saturated rings. The van der Waals surface area contributed by atoms with Crippen LogP contribution in [0.25, 0.3) is 0 Å². The van der Waals surface area contributed by atoms with Crippen molar-refractivity contribution in [3.8, 4) is 0 Å². The molecule has 0 aliphatic carbocycles. The Morgan fingerprint density at radius 1 is 1.13 bits per heavy atom. The van der Waals surface area contributed by atoms with Crippen LogP contribution in [-0.2, 0) is 13.2 Å². The van der Waals surface area contributed by atoms with Crippen LogP contribution in [0, 0.1) is 2.88 Å². The van der Waals surface area contributed by atoms with Gasteiger partial charge in [-0.15, -0.1) is 11.3 Å². The van der Waals surface area contributed by atoms with Crippen LogP contribution in [-0.4, -0.2) is 10.2 Å². The molecule has 0 spiro atoms. The van der Waals surface area contributed by atoms with E-state index in [0.29, 0.717) is 0 Å². The van der Waals surface area contributed by atoms with Crippen molar-refractivity contribution in [1.29, 1.82) is 0 Å². The van der Waals surface area contributed by atoms with Gasteiger partial charge in [0.05, 0.1) is 16.1 Å². The Hall–Kier alpha value is 0.0500. The quantitative estimate of drug-likeness (QED) is 0.814. The summed E-state index contributed by atoms with van der Waals surface area (Å²) in [6.45, 7) is 0.339. The van der Waals surface area contributed by atoms with E-state index < -0.39 is 0 Å². The van der Waals surface area contributed by atoms with Gasteiger partial charge in [0.15, 0.2) is 0 Å². The van der Waals surface area contributed by atoms with Crippen LogP contribution >= 0.6 is 45.3 Å². The van der Waals surface area contributed by atoms with Crippen LogP contribution in [0.2, 0.25) is 0 Å². The average Bonchev–Trinajstić information content (AvgIpc) is 2.88. The molecule has 0 unspecified atom stereocenters. The third kappa shape index (κ3) is 4.60. The lowest BCUT2D eigenvalue weighted by Gasteiger charge is -1.85. The maximum Gasteiger partial charge on any atom is 0.0708 e. The minimum Gasteiger partial charge on any atom is -0.392 e. The van der Waals surface area contributed by atoms with Crippen molar-refractivity contribution in [2.24, 2.45) is 0 Å². The van der Waals surface area contributed by atoms with Crippen LogP contribution in [0.4, 0.5) is 0 Å². The molecule has 0 aliphatic rings. The molecule has 0 atom stereocenters. The summed E-state index contributed by atoms with van der Waals surface area (Å²) in [5, 5.41) is 22.9. The largest absolute Gasteiger partial charge is 0.392 e. The Morgan fingerprint density at radius 3 is 2.20 bits per heavy atom. The number of hydrogen-bond acceptors (Lipinski definition) is 4. The second kappa shape index (κ2) is 7.34. The SMILES string of the molecule is OCc1ccsc1.OCc1ccsc1I. The van der Waals surface area contributed by atoms with E-state index >= 15 is 0 Å². The number of aliphatic hydroxyl groups excluding tert-OH is 2. The van der Waals surface area contributed by atoms with Gasteiger partial charge in [0.2, 0.25) is 0 Å². The fourth-order valence-corrected chi connectivity index (χ4v) is 2.90. The molecule has 2 N–H and O–H groups in total. The summed E-state index contributed by atoms with van der Waals surface area (Å²) in [7, 11) is 0. The summed E-state index contributed by atoms with van der Waals surface area (Å²) in [5.41, 5.74) is 2.04. The van der Waals surface area contributed by atoms with Crippen LogP contribution in [0.1, 0.15) is 11.1 Å². The van der Waals surface area contributed by atoms with Crippen molar-refractivity contribution in [3.05, 3.63) is 42.3 Å². The van der Waals surface area contributed by atoms with Crippen molar-refractivity contribution >= 4 is 45.3 Å². The molecule has 0 radical (unpaired) electrons. The van der Waals surface area contributed by atoms with Gasteiger partial charge in [-0.2, -0.15) is 11.3 Å². The highest BCUT2D eigenvalue weighted by Crippen LogP contribution is 2.18. The Balaban J connectivity index is 0.000000151. The highest BCUT2D eigenvalue weighted by molar-refractivity contribution is 14.1. The summed E-state index contributed by atoms with van der Waals surface area (Å²) in [6.07, 6.45) is 0. The fourth-order valence-electron chi connectivity index (χ4n) is 0.815. The maximum absolute atomic E-state index is 8.61. The molecule has 0 saturated carbocycles. The second-order valence-electron chi connectivity index (χ2n) is 2.67. The van der Waals surface area contributed by atoms with Gasteiger partial charge >= 0.3 is 0 Å². The molecule has 2 aromatic rings. The molecule has 2 heterocycles. The van der Waals surface area contributed by atoms with Gasteiger partial charge in [0, 0.05) is 5.56 Å². The second-order valence-corrected chi connectivity index (χ2v) is 6.17. The zero-order valence-corrected chi connectivity index (χ0v) is 11.7. The van der Waals surface area contributed by atoms with E-state index in [4.69, 9.17) is 10.2 Å². The van der Waals surface area contributed by atoms with E-state index in [0.717, 1.165) is 11.1 Å². The standard InChI is InChI=1S/C5H5IOS.C5H6OS/c6-5-4(3-7)1-2-8-5;6-3-5-1-2-7-4-5/h1-2,7H,3H2;1-2,4,6H,3H2. The van der Waals surface area contributed by atoms with Crippen molar-refractivity contribution < 1.29 is 10.2 Å². The lowest BCUT2D eigenvalue weighted by Crippen LogP contribution is -1.77. The predicted octanol–water partition coefficient (Wildman–Crippen LogP) is 3.09. The molecule has 0 saturated heterocycles. The first-order valence-corrected chi connectivity index (χ1v) is 7.12. The van der Waals surface area contributed by atoms with Crippen molar-refractivity contribution in [2.75, 3.05) is 0 Å². The molecule has 0 aliphatic heterocycles. The number of halogens is 1. The monoisotopic (exact) mass is 354 g/mol. The van der Waals surface area contributed by atoms with Crippen molar-refractivity contribution in [3.63, 3.8) is 0 Å². The zero-order valence-electron chi connectivity index (χ0n) is 7.89. The minimum atomic E-state index is 0.168. The third-order valence-corrected chi connectivity index (χ3v) is 4.56. The van der Waals surface area contributed by atoms with Gasteiger partial charge < -0.3 is 10.2 Å². The van der Waals surface area contributed by atoms with Crippen LogP contribution in [0.3, 0.4) is 0 Å². The first-order valence-electron chi connectivity index (χ1n) is 4.22. The topological polar surface area (TPSA) is 40.5 Å². The van der Waals surface area contributed by atoms with Gasteiger partial charge in [-0.1, -0.05) is 0 Å². The Kier molecular flexibility index (Phi) is 6.42. The van der Waals surface area contributed by atoms with E-state index in [2.05, 4.69) is 22.6 Å². The summed E-state index contributed by atoms with van der Waals surface area (Å²) in [6, 6.07) is 3.84. The van der Waals surface area contributed by atoms with Crippen LogP contribution in [0.15, 0.2) is 28.3 Å². The fraction of sp³-hybridized carbons (Fsp3) is 0.200. The molecule has 2 aromatic heterocycles. The lowest BCUT2D eigenvalue weighted by atomic mass is 10.4. The average molecular weight is 354 g/mol. The van der Waals surface area contributed by atoms with Gasteiger partial charge in [-0.05, 0) is 56.4 Å². The Bertz CT molecular complexity index is 370. The molecule has 15 heavy (non-hydrogen) atoms. The van der Waals surface area contributed by atoms with Crippen molar-refractivity contribution in [2.45, 2.75) is 13.2 Å².